The van der Waals surface area contributed by atoms with Crippen LogP contribution in [0.3, 0.4) is 0 Å². The predicted molar refractivity (Wildman–Crippen MR) is 73.2 cm³/mol. The van der Waals surface area contributed by atoms with Crippen molar-refractivity contribution in [2.24, 2.45) is 18.7 Å². The lowest BCUT2D eigenvalue weighted by Crippen LogP contribution is -2.39. The third kappa shape index (κ3) is 3.54. The fourth-order valence-corrected chi connectivity index (χ4v) is 2.04. The minimum atomic E-state index is 0.0950. The number of hydrogen-bond acceptors (Lipinski definition) is 4. The molecule has 0 aromatic carbocycles. The minimum absolute atomic E-state index is 0.0950. The predicted octanol–water partition coefficient (Wildman–Crippen LogP) is 0.589. The molecular weight excluding hydrogens is 228 g/mol. The standard InChI is InChI=1S/C13H26N4O/c1-5-12-11(7-17(4)16-12)13(6-14)15-10(3)9(2)8-18/h7,9-10,13,15,18H,5-6,8,14H2,1-4H3. The summed E-state index contributed by atoms with van der Waals surface area (Å²) in [6.45, 7) is 6.90. The summed E-state index contributed by atoms with van der Waals surface area (Å²) in [5, 5.41) is 17.1. The van der Waals surface area contributed by atoms with E-state index in [4.69, 9.17) is 5.73 Å². The fraction of sp³-hybridized carbons (Fsp3) is 0.769. The van der Waals surface area contributed by atoms with Crippen molar-refractivity contribution in [1.82, 2.24) is 15.1 Å². The first-order valence-electron chi connectivity index (χ1n) is 6.62. The molecule has 0 amide bonds. The Bertz CT molecular complexity index is 364. The molecule has 0 aliphatic carbocycles. The van der Waals surface area contributed by atoms with Gasteiger partial charge in [0, 0.05) is 44.0 Å². The first-order chi connectivity index (χ1) is 8.53. The Balaban J connectivity index is 2.82. The van der Waals surface area contributed by atoms with E-state index in [2.05, 4.69) is 24.3 Å². The molecule has 0 aliphatic rings. The number of hydrogen-bond donors (Lipinski definition) is 3. The summed E-state index contributed by atoms with van der Waals surface area (Å²) in [7, 11) is 1.93. The second kappa shape index (κ2) is 6.87. The van der Waals surface area contributed by atoms with Crippen LogP contribution in [0, 0.1) is 5.92 Å². The normalized spacial score (nSPS) is 16.6. The first-order valence-corrected chi connectivity index (χ1v) is 6.62. The van der Waals surface area contributed by atoms with Crippen LogP contribution in [0.25, 0.3) is 0 Å². The topological polar surface area (TPSA) is 76.1 Å². The van der Waals surface area contributed by atoms with E-state index in [1.807, 2.05) is 24.9 Å². The van der Waals surface area contributed by atoms with E-state index in [0.717, 1.165) is 12.1 Å². The fourth-order valence-electron chi connectivity index (χ4n) is 2.04. The van der Waals surface area contributed by atoms with E-state index in [-0.39, 0.29) is 24.6 Å². The zero-order valence-corrected chi connectivity index (χ0v) is 11.8. The Hall–Kier alpha value is -0.910. The van der Waals surface area contributed by atoms with Crippen LogP contribution in [0.1, 0.15) is 38.1 Å². The quantitative estimate of drug-likeness (QED) is 0.665. The van der Waals surface area contributed by atoms with Crippen molar-refractivity contribution in [2.45, 2.75) is 39.3 Å². The highest BCUT2D eigenvalue weighted by atomic mass is 16.3. The number of nitrogens with one attached hydrogen (secondary N) is 1. The Kier molecular flexibility index (Phi) is 5.78. The summed E-state index contributed by atoms with van der Waals surface area (Å²) in [5.41, 5.74) is 8.12. The van der Waals surface area contributed by atoms with Crippen LogP contribution in [-0.2, 0) is 13.5 Å². The van der Waals surface area contributed by atoms with Crippen LogP contribution in [0.2, 0.25) is 0 Å². The average molecular weight is 254 g/mol. The van der Waals surface area contributed by atoms with E-state index < -0.39 is 0 Å². The molecule has 3 unspecified atom stereocenters. The van der Waals surface area contributed by atoms with Crippen LogP contribution in [0.15, 0.2) is 6.20 Å². The van der Waals surface area contributed by atoms with Crippen molar-refractivity contribution in [2.75, 3.05) is 13.2 Å². The molecule has 0 saturated heterocycles. The smallest absolute Gasteiger partial charge is 0.0670 e. The van der Waals surface area contributed by atoms with Crippen molar-refractivity contribution >= 4 is 0 Å². The Morgan fingerprint density at radius 1 is 1.50 bits per heavy atom. The van der Waals surface area contributed by atoms with Gasteiger partial charge in [-0.25, -0.2) is 0 Å². The number of aromatic nitrogens is 2. The van der Waals surface area contributed by atoms with Crippen molar-refractivity contribution in [3.05, 3.63) is 17.5 Å². The van der Waals surface area contributed by atoms with E-state index in [1.54, 1.807) is 0 Å². The highest BCUT2D eigenvalue weighted by molar-refractivity contribution is 5.22. The van der Waals surface area contributed by atoms with E-state index in [1.165, 1.54) is 5.56 Å². The zero-order valence-electron chi connectivity index (χ0n) is 11.8. The van der Waals surface area contributed by atoms with Gasteiger partial charge in [-0.2, -0.15) is 5.10 Å². The molecule has 1 heterocycles. The van der Waals surface area contributed by atoms with Crippen molar-refractivity contribution in [1.29, 1.82) is 0 Å². The van der Waals surface area contributed by atoms with Gasteiger partial charge in [-0.3, -0.25) is 4.68 Å². The molecule has 0 fully saturated rings. The van der Waals surface area contributed by atoms with Crippen LogP contribution < -0.4 is 11.1 Å². The van der Waals surface area contributed by atoms with Gasteiger partial charge in [0.1, 0.15) is 0 Å². The molecule has 18 heavy (non-hydrogen) atoms. The second-order valence-electron chi connectivity index (χ2n) is 4.96. The zero-order chi connectivity index (χ0) is 13.7. The van der Waals surface area contributed by atoms with E-state index >= 15 is 0 Å². The lowest BCUT2D eigenvalue weighted by molar-refractivity contribution is 0.201. The maximum atomic E-state index is 9.18. The highest BCUT2D eigenvalue weighted by Gasteiger charge is 2.20. The Morgan fingerprint density at radius 3 is 2.67 bits per heavy atom. The van der Waals surface area contributed by atoms with Crippen molar-refractivity contribution < 1.29 is 5.11 Å². The van der Waals surface area contributed by atoms with E-state index in [9.17, 15) is 5.11 Å². The number of nitrogens with zero attached hydrogens (tertiary/aromatic N) is 2. The van der Waals surface area contributed by atoms with Gasteiger partial charge < -0.3 is 16.2 Å². The highest BCUT2D eigenvalue weighted by Crippen LogP contribution is 2.18. The molecule has 0 aliphatic heterocycles. The summed E-state index contributed by atoms with van der Waals surface area (Å²) < 4.78 is 1.83. The van der Waals surface area contributed by atoms with Gasteiger partial charge in [0.05, 0.1) is 5.69 Å². The molecule has 5 heteroatoms. The number of aliphatic hydroxyl groups is 1. The summed E-state index contributed by atoms with van der Waals surface area (Å²) in [6.07, 6.45) is 2.93. The molecule has 1 rings (SSSR count). The van der Waals surface area contributed by atoms with Gasteiger partial charge in [0.25, 0.3) is 0 Å². The molecule has 5 nitrogen and oxygen atoms in total. The third-order valence-electron chi connectivity index (χ3n) is 3.49. The number of aryl methyl sites for hydroxylation is 2. The molecule has 104 valence electrons. The molecule has 0 saturated carbocycles. The van der Waals surface area contributed by atoms with Crippen molar-refractivity contribution in [3.8, 4) is 0 Å². The molecule has 0 bridgehead atoms. The average Bonchev–Trinajstić information content (AvgIpc) is 2.75. The lowest BCUT2D eigenvalue weighted by Gasteiger charge is -2.25. The lowest BCUT2D eigenvalue weighted by atomic mass is 10.0. The summed E-state index contributed by atoms with van der Waals surface area (Å²) in [5.74, 6) is 0.209. The monoisotopic (exact) mass is 254 g/mol. The number of nitrogens with two attached hydrogens (primary N) is 1. The van der Waals surface area contributed by atoms with Gasteiger partial charge >= 0.3 is 0 Å². The third-order valence-corrected chi connectivity index (χ3v) is 3.49. The number of rotatable bonds is 7. The van der Waals surface area contributed by atoms with Gasteiger partial charge in [-0.1, -0.05) is 13.8 Å². The molecule has 1 aromatic rings. The second-order valence-corrected chi connectivity index (χ2v) is 4.96. The summed E-state index contributed by atoms with van der Waals surface area (Å²) in [6, 6.07) is 0.311. The Morgan fingerprint density at radius 2 is 2.17 bits per heavy atom. The Labute approximate surface area is 109 Å². The van der Waals surface area contributed by atoms with Crippen molar-refractivity contribution in [3.63, 3.8) is 0 Å². The largest absolute Gasteiger partial charge is 0.396 e. The van der Waals surface area contributed by atoms with Crippen LogP contribution in [0.4, 0.5) is 0 Å². The van der Waals surface area contributed by atoms with Crippen LogP contribution in [-0.4, -0.2) is 34.1 Å². The van der Waals surface area contributed by atoms with Crippen LogP contribution in [0.5, 0.6) is 0 Å². The molecule has 4 N–H and O–H groups in total. The maximum Gasteiger partial charge on any atom is 0.0670 e. The molecule has 3 atom stereocenters. The van der Waals surface area contributed by atoms with Crippen LogP contribution >= 0.6 is 0 Å². The molecular formula is C13H26N4O. The van der Waals surface area contributed by atoms with Gasteiger partial charge in [-0.15, -0.1) is 0 Å². The summed E-state index contributed by atoms with van der Waals surface area (Å²) in [4.78, 5) is 0. The molecule has 1 aromatic heterocycles. The maximum absolute atomic E-state index is 9.18. The number of aliphatic hydroxyl groups excluding tert-OH is 1. The van der Waals surface area contributed by atoms with Gasteiger partial charge in [0.15, 0.2) is 0 Å². The molecule has 0 spiro atoms. The van der Waals surface area contributed by atoms with Gasteiger partial charge in [-0.05, 0) is 19.3 Å². The molecule has 0 radical (unpaired) electrons. The van der Waals surface area contributed by atoms with E-state index in [0.29, 0.717) is 6.54 Å². The summed E-state index contributed by atoms with van der Waals surface area (Å²) >= 11 is 0. The SMILES string of the molecule is CCc1nn(C)cc1C(CN)NC(C)C(C)CO. The minimum Gasteiger partial charge on any atom is -0.396 e. The van der Waals surface area contributed by atoms with Gasteiger partial charge in [0.2, 0.25) is 0 Å². The first kappa shape index (κ1) is 15.1.